The maximum atomic E-state index is 13.3. The van der Waals surface area contributed by atoms with Crippen molar-refractivity contribution in [2.75, 3.05) is 61.0 Å². The van der Waals surface area contributed by atoms with E-state index in [9.17, 15) is 35.2 Å². The molecule has 3 N–H and O–H groups in total. The van der Waals surface area contributed by atoms with Gasteiger partial charge in [-0.05, 0) is 38.6 Å². The summed E-state index contributed by atoms with van der Waals surface area (Å²) in [4.78, 5) is 41.3. The van der Waals surface area contributed by atoms with Crippen molar-refractivity contribution in [2.45, 2.75) is 160 Å². The Bertz CT molecular complexity index is 1190. The van der Waals surface area contributed by atoms with E-state index in [-0.39, 0.29) is 13.2 Å². The summed E-state index contributed by atoms with van der Waals surface area (Å²) in [6.45, 7) is 8.76. The Labute approximate surface area is 340 Å². The minimum Gasteiger partial charge on any atom is -0.467 e. The van der Waals surface area contributed by atoms with Gasteiger partial charge in [0, 0.05) is 38.8 Å². The molecule has 1 fully saturated rings. The maximum absolute atomic E-state index is 13.3. The van der Waals surface area contributed by atoms with Crippen molar-refractivity contribution in [3.63, 3.8) is 0 Å². The van der Waals surface area contributed by atoms with Crippen molar-refractivity contribution < 1.29 is 86.5 Å². The highest BCUT2D eigenvalue weighted by Crippen LogP contribution is 2.33. The van der Waals surface area contributed by atoms with Gasteiger partial charge in [0.05, 0.1) is 45.7 Å². The van der Waals surface area contributed by atoms with Crippen LogP contribution >= 0.6 is 0 Å². The van der Waals surface area contributed by atoms with E-state index in [2.05, 4.69) is 10.0 Å². The van der Waals surface area contributed by atoms with E-state index in [1.165, 1.54) is 7.11 Å². The molecular weight excluding hydrogens is 774 g/mol. The van der Waals surface area contributed by atoms with Crippen LogP contribution in [0.1, 0.15) is 80.1 Å². The molecule has 58 heavy (non-hydrogen) atoms. The van der Waals surface area contributed by atoms with Gasteiger partial charge in [-0.2, -0.15) is 0 Å². The molecule has 1 saturated heterocycles. The van der Waals surface area contributed by atoms with Crippen LogP contribution in [0.3, 0.4) is 0 Å². The van der Waals surface area contributed by atoms with Crippen molar-refractivity contribution in [1.82, 2.24) is 0 Å². The number of carbonyl (C=O) groups excluding carboxylic acids is 3. The Hall–Kier alpha value is -2.76. The van der Waals surface area contributed by atoms with Crippen molar-refractivity contribution in [3.05, 3.63) is 10.4 Å². The topological polar surface area (TPSA) is 271 Å². The Morgan fingerprint density at radius 1 is 0.793 bits per heavy atom. The first-order valence-electron chi connectivity index (χ1n) is 19.7. The molecule has 0 aliphatic carbocycles. The summed E-state index contributed by atoms with van der Waals surface area (Å²) in [6.07, 6.45) is -12.5. The van der Waals surface area contributed by atoms with Gasteiger partial charge in [0.1, 0.15) is 37.1 Å². The highest BCUT2D eigenvalue weighted by molar-refractivity contribution is 5.75. The van der Waals surface area contributed by atoms with Crippen LogP contribution in [-0.2, 0) is 71.2 Å². The lowest BCUT2D eigenvalue weighted by atomic mass is 9.96. The fourth-order valence-corrected chi connectivity index (χ4v) is 5.66. The zero-order valence-corrected chi connectivity index (χ0v) is 35.3. The number of nitrogens with zero attached hydrogens (tertiary/aromatic N) is 3. The van der Waals surface area contributed by atoms with E-state index in [0.29, 0.717) is 32.3 Å². The van der Waals surface area contributed by atoms with Crippen molar-refractivity contribution in [1.29, 1.82) is 0 Å². The highest BCUT2D eigenvalue weighted by Gasteiger charge is 2.52. The van der Waals surface area contributed by atoms with Crippen LogP contribution in [0.25, 0.3) is 10.4 Å². The molecule has 0 amide bonds. The highest BCUT2D eigenvalue weighted by atomic mass is 16.8. The van der Waals surface area contributed by atoms with Gasteiger partial charge in [0.15, 0.2) is 31.1 Å². The Morgan fingerprint density at radius 2 is 1.34 bits per heavy atom. The Kier molecular flexibility index (Phi) is 27.8. The number of aliphatic hydroxyl groups is 3. The van der Waals surface area contributed by atoms with Crippen molar-refractivity contribution in [3.8, 4) is 0 Å². The van der Waals surface area contributed by atoms with Gasteiger partial charge >= 0.3 is 17.9 Å². The average Bonchev–Trinajstić information content (AvgIpc) is 3.22. The number of unbranched alkanes of at least 4 members (excludes halogenated alkanes) is 3. The predicted molar refractivity (Wildman–Crippen MR) is 202 cm³/mol. The molecule has 0 radical (unpaired) electrons. The number of aliphatic hydroxyl groups excluding tert-OH is 3. The SMILES string of the molecule is CCCCOC1[C@H](OC(CO)OC(C(=O)OC)[C@H](O)[C@H](C)OCCCC)C(COC(C)=O)O[C@@H](O[C@@H](C(OC(CO)OC)C(=O)OC)[C@H](C)OCCCC)[C@H]1N=[N+]=[N-]. The van der Waals surface area contributed by atoms with E-state index in [4.69, 9.17) is 56.8 Å². The summed E-state index contributed by atoms with van der Waals surface area (Å²) in [6, 6.07) is -1.42. The Balaban J connectivity index is 3.83. The second-order valence-electron chi connectivity index (χ2n) is 13.4. The standard InChI is InChI=1S/C37H67N3O18/c1-10-13-16-50-22(4)29(44)33(35(45)48-8)57-27(20-42)56-31-25(21-53-24(6)43)54-37(28(39-40-38)32(31)52-18-15-12-3)58-30(23(5)51-17-14-11-2)34(36(46)49-9)55-26(19-41)47-7/h22-23,25-34,37,41-42,44H,10-21H2,1-9H3/t22-,23-,25?,26?,27?,28-,29+,30+,31+,32?,33?,34?,37-/m0/s1. The molecule has 6 unspecified atom stereocenters. The molecule has 0 bridgehead atoms. The zero-order chi connectivity index (χ0) is 43.6. The number of hydrogen-bond donors (Lipinski definition) is 3. The molecule has 0 aromatic carbocycles. The lowest BCUT2D eigenvalue weighted by Gasteiger charge is -2.46. The largest absolute Gasteiger partial charge is 0.467 e. The number of ether oxygens (including phenoxy) is 12. The number of methoxy groups -OCH3 is 3. The van der Waals surface area contributed by atoms with E-state index >= 15 is 0 Å². The number of azide groups is 1. The molecule has 21 heteroatoms. The lowest BCUT2D eigenvalue weighted by molar-refractivity contribution is -0.333. The third-order valence-corrected chi connectivity index (χ3v) is 8.99. The quantitative estimate of drug-likeness (QED) is 0.0166. The Morgan fingerprint density at radius 3 is 1.86 bits per heavy atom. The zero-order valence-electron chi connectivity index (χ0n) is 35.3. The number of carbonyl (C=O) groups is 3. The molecule has 1 aliphatic rings. The monoisotopic (exact) mass is 841 g/mol. The van der Waals surface area contributed by atoms with Gasteiger partial charge in [0.2, 0.25) is 0 Å². The molecule has 0 spiro atoms. The third-order valence-electron chi connectivity index (χ3n) is 8.99. The molecule has 21 nitrogen and oxygen atoms in total. The van der Waals surface area contributed by atoms with Crippen molar-refractivity contribution >= 4 is 17.9 Å². The molecule has 338 valence electrons. The fraction of sp³-hybridized carbons (Fsp3) is 0.919. The van der Waals surface area contributed by atoms with Crippen LogP contribution in [0.5, 0.6) is 0 Å². The first kappa shape index (κ1) is 53.3. The molecule has 0 saturated carbocycles. The maximum Gasteiger partial charge on any atom is 0.337 e. The van der Waals surface area contributed by atoms with Crippen LogP contribution in [-0.4, -0.2) is 174 Å². The summed E-state index contributed by atoms with van der Waals surface area (Å²) in [5.74, 6) is -2.62. The van der Waals surface area contributed by atoms with E-state index in [1.54, 1.807) is 13.8 Å². The molecule has 1 rings (SSSR count). The minimum atomic E-state index is -1.71. The number of hydrogen-bond acceptors (Lipinski definition) is 19. The van der Waals surface area contributed by atoms with E-state index < -0.39 is 118 Å². The lowest BCUT2D eigenvalue weighted by Crippen LogP contribution is -2.63. The third kappa shape index (κ3) is 17.8. The summed E-state index contributed by atoms with van der Waals surface area (Å²) in [7, 11) is 3.47. The molecule has 0 aromatic heterocycles. The molecule has 13 atom stereocenters. The molecule has 1 heterocycles. The first-order valence-corrected chi connectivity index (χ1v) is 19.7. The van der Waals surface area contributed by atoms with Gasteiger partial charge in [0.25, 0.3) is 0 Å². The predicted octanol–water partition coefficient (Wildman–Crippen LogP) is 2.08. The number of rotatable bonds is 32. The molecule has 1 aliphatic heterocycles. The van der Waals surface area contributed by atoms with Gasteiger partial charge < -0.3 is 72.2 Å². The van der Waals surface area contributed by atoms with Crippen molar-refractivity contribution in [2.24, 2.45) is 5.11 Å². The van der Waals surface area contributed by atoms with E-state index in [0.717, 1.165) is 34.0 Å². The second kappa shape index (κ2) is 30.3. The second-order valence-corrected chi connectivity index (χ2v) is 13.4. The van der Waals surface area contributed by atoms with Gasteiger partial charge in [-0.3, -0.25) is 4.79 Å². The van der Waals surface area contributed by atoms with Crippen LogP contribution in [0, 0.1) is 0 Å². The van der Waals surface area contributed by atoms with Gasteiger partial charge in [-0.1, -0.05) is 45.1 Å². The van der Waals surface area contributed by atoms with Crippen LogP contribution < -0.4 is 0 Å². The smallest absolute Gasteiger partial charge is 0.337 e. The summed E-state index contributed by atoms with van der Waals surface area (Å²) in [5.41, 5.74) is 9.84. The number of esters is 3. The average molecular weight is 842 g/mol. The van der Waals surface area contributed by atoms with Crippen LogP contribution in [0.15, 0.2) is 5.11 Å². The normalized spacial score (nSPS) is 23.6. The van der Waals surface area contributed by atoms with Gasteiger partial charge in [-0.15, -0.1) is 0 Å². The first-order chi connectivity index (χ1) is 27.8. The minimum absolute atomic E-state index is 0.0894. The fourth-order valence-electron chi connectivity index (χ4n) is 5.66. The van der Waals surface area contributed by atoms with Crippen LogP contribution in [0.2, 0.25) is 0 Å². The summed E-state index contributed by atoms with van der Waals surface area (Å²) in [5, 5.41) is 35.4. The molecule has 0 aromatic rings. The summed E-state index contributed by atoms with van der Waals surface area (Å²) < 4.78 is 69.0. The summed E-state index contributed by atoms with van der Waals surface area (Å²) >= 11 is 0. The van der Waals surface area contributed by atoms with Gasteiger partial charge in [-0.25, -0.2) is 9.59 Å². The van der Waals surface area contributed by atoms with Crippen LogP contribution in [0.4, 0.5) is 0 Å². The van der Waals surface area contributed by atoms with E-state index in [1.807, 2.05) is 20.8 Å². The molecular formula is C37H67N3O18.